The molecule has 2 aromatic rings. The van der Waals surface area contributed by atoms with E-state index in [1.54, 1.807) is 12.7 Å². The number of aromatic nitrogens is 3. The highest BCUT2D eigenvalue weighted by atomic mass is 32.1. The van der Waals surface area contributed by atoms with Gasteiger partial charge in [0.1, 0.15) is 18.3 Å². The Morgan fingerprint density at radius 3 is 2.73 bits per heavy atom. The molecule has 1 N–H and O–H groups in total. The summed E-state index contributed by atoms with van der Waals surface area (Å²) < 4.78 is 45.9. The Kier molecular flexibility index (Phi) is 7.45. The molecule has 4 heterocycles. The van der Waals surface area contributed by atoms with E-state index in [2.05, 4.69) is 32.6 Å². The van der Waals surface area contributed by atoms with E-state index >= 15 is 0 Å². The van der Waals surface area contributed by atoms with Gasteiger partial charge in [-0.15, -0.1) is 21.5 Å². The third kappa shape index (κ3) is 6.49. The van der Waals surface area contributed by atoms with Crippen molar-refractivity contribution >= 4 is 17.3 Å². The van der Waals surface area contributed by atoms with E-state index in [4.69, 9.17) is 19.4 Å². The third-order valence-electron chi connectivity index (χ3n) is 4.85. The Morgan fingerprint density at radius 2 is 2.10 bits per heavy atom. The first-order valence-corrected chi connectivity index (χ1v) is 10.2. The zero-order valence-corrected chi connectivity index (χ0v) is 16.9. The molecule has 1 spiro atoms. The van der Waals surface area contributed by atoms with Crippen LogP contribution in [0, 0.1) is 5.92 Å². The van der Waals surface area contributed by atoms with Gasteiger partial charge in [-0.2, -0.15) is 13.2 Å². The monoisotopic (exact) mass is 448 g/mol. The van der Waals surface area contributed by atoms with Gasteiger partial charge in [-0.25, -0.2) is 4.79 Å². The van der Waals surface area contributed by atoms with Crippen molar-refractivity contribution in [3.63, 3.8) is 0 Å². The summed E-state index contributed by atoms with van der Waals surface area (Å²) in [6, 6.07) is 4.32. The summed E-state index contributed by atoms with van der Waals surface area (Å²) in [4.78, 5) is 12.8. The number of thiophene rings is 1. The molecule has 2 unspecified atom stereocenters. The molecule has 166 valence electrons. The van der Waals surface area contributed by atoms with E-state index in [1.807, 2.05) is 15.9 Å². The Bertz CT molecular complexity index is 788. The number of carbonyl (C=O) groups is 1. The highest BCUT2D eigenvalue weighted by Crippen LogP contribution is 2.34. The van der Waals surface area contributed by atoms with Gasteiger partial charge < -0.3 is 19.1 Å². The number of carboxylic acid groups (broad SMARTS) is 1. The molecule has 2 fully saturated rings. The minimum Gasteiger partial charge on any atom is -0.475 e. The second kappa shape index (κ2) is 9.86. The van der Waals surface area contributed by atoms with Gasteiger partial charge in [0.05, 0.1) is 19.8 Å². The van der Waals surface area contributed by atoms with Crippen LogP contribution >= 0.6 is 11.3 Å². The van der Waals surface area contributed by atoms with Crippen molar-refractivity contribution in [1.29, 1.82) is 0 Å². The highest BCUT2D eigenvalue weighted by Gasteiger charge is 2.43. The van der Waals surface area contributed by atoms with Gasteiger partial charge in [0.15, 0.2) is 0 Å². The molecule has 2 aliphatic rings. The number of alkyl halides is 3. The lowest BCUT2D eigenvalue weighted by Crippen LogP contribution is -2.43. The molecule has 0 aliphatic carbocycles. The van der Waals surface area contributed by atoms with Crippen molar-refractivity contribution in [1.82, 2.24) is 19.7 Å². The average molecular weight is 448 g/mol. The number of aliphatic carboxylic acids is 1. The van der Waals surface area contributed by atoms with Gasteiger partial charge in [0, 0.05) is 37.0 Å². The summed E-state index contributed by atoms with van der Waals surface area (Å²) in [7, 11) is 0. The minimum atomic E-state index is -5.08. The lowest BCUT2D eigenvalue weighted by Gasteiger charge is -2.31. The van der Waals surface area contributed by atoms with E-state index in [-0.39, 0.29) is 5.60 Å². The number of carboxylic acids is 1. The summed E-state index contributed by atoms with van der Waals surface area (Å²) in [5, 5.41) is 17.0. The fourth-order valence-corrected chi connectivity index (χ4v) is 4.37. The van der Waals surface area contributed by atoms with Gasteiger partial charge in [0.2, 0.25) is 0 Å². The van der Waals surface area contributed by atoms with Gasteiger partial charge in [-0.1, -0.05) is 6.07 Å². The summed E-state index contributed by atoms with van der Waals surface area (Å²) >= 11 is 1.82. The standard InChI is InChI=1S/C16H22N4O2S.C2HF3O2/c1-2-15(23-5-1)8-19-3-4-21-11-16(10-19)6-14(9-22-16)7-20-12-17-18-13-20;3-2(4,5)1(6)7/h1-2,5,12-14H,3-4,6-11H2;(H,6,7). The molecule has 0 radical (unpaired) electrons. The molecule has 0 aromatic carbocycles. The lowest BCUT2D eigenvalue weighted by atomic mass is 9.94. The molecule has 2 atom stereocenters. The van der Waals surface area contributed by atoms with Crippen molar-refractivity contribution in [3.8, 4) is 0 Å². The summed E-state index contributed by atoms with van der Waals surface area (Å²) in [6.45, 7) is 6.10. The average Bonchev–Trinajstić information content (AvgIpc) is 3.40. The van der Waals surface area contributed by atoms with Crippen LogP contribution in [0.25, 0.3) is 0 Å². The van der Waals surface area contributed by atoms with Crippen LogP contribution in [0.4, 0.5) is 13.2 Å². The molecule has 12 heteroatoms. The normalized spacial score (nSPS) is 25.0. The fourth-order valence-electron chi connectivity index (χ4n) is 3.62. The van der Waals surface area contributed by atoms with E-state index in [0.717, 1.165) is 45.8 Å². The van der Waals surface area contributed by atoms with Crippen LogP contribution in [0.15, 0.2) is 30.2 Å². The van der Waals surface area contributed by atoms with Crippen LogP contribution < -0.4 is 0 Å². The maximum atomic E-state index is 10.6. The SMILES string of the molecule is O=C(O)C(F)(F)F.c1csc(CN2CCOCC3(CC(Cn4cnnc4)CO3)C2)c1. The van der Waals surface area contributed by atoms with Crippen molar-refractivity contribution in [3.05, 3.63) is 35.0 Å². The second-order valence-electron chi connectivity index (χ2n) is 7.37. The molecular formula is C18H23F3N4O4S. The van der Waals surface area contributed by atoms with Crippen LogP contribution in [0.1, 0.15) is 11.3 Å². The van der Waals surface area contributed by atoms with Crippen LogP contribution in [0.3, 0.4) is 0 Å². The quantitative estimate of drug-likeness (QED) is 0.768. The predicted octanol–water partition coefficient (Wildman–Crippen LogP) is 2.28. The predicted molar refractivity (Wildman–Crippen MR) is 101 cm³/mol. The number of rotatable bonds is 4. The zero-order valence-electron chi connectivity index (χ0n) is 16.1. The Hall–Kier alpha value is -2.02. The zero-order chi connectivity index (χ0) is 21.6. The van der Waals surface area contributed by atoms with E-state index in [9.17, 15) is 13.2 Å². The Morgan fingerprint density at radius 1 is 1.37 bits per heavy atom. The van der Waals surface area contributed by atoms with E-state index < -0.39 is 12.1 Å². The molecule has 2 saturated heterocycles. The number of hydrogen-bond acceptors (Lipinski definition) is 7. The van der Waals surface area contributed by atoms with Gasteiger partial charge >= 0.3 is 12.1 Å². The van der Waals surface area contributed by atoms with Gasteiger partial charge in [-0.3, -0.25) is 4.90 Å². The van der Waals surface area contributed by atoms with Crippen LogP contribution in [-0.2, 0) is 27.4 Å². The summed E-state index contributed by atoms with van der Waals surface area (Å²) in [6.07, 6.45) is -0.499. The van der Waals surface area contributed by atoms with Crippen molar-refractivity contribution in [2.24, 2.45) is 5.92 Å². The van der Waals surface area contributed by atoms with Crippen LogP contribution in [0.5, 0.6) is 0 Å². The maximum absolute atomic E-state index is 10.6. The Labute approximate surface area is 175 Å². The summed E-state index contributed by atoms with van der Waals surface area (Å²) in [5.74, 6) is -2.26. The molecule has 2 aliphatic heterocycles. The highest BCUT2D eigenvalue weighted by molar-refractivity contribution is 7.09. The van der Waals surface area contributed by atoms with Gasteiger partial charge in [0.25, 0.3) is 0 Å². The summed E-state index contributed by atoms with van der Waals surface area (Å²) in [5.41, 5.74) is -0.160. The molecule has 0 saturated carbocycles. The first-order valence-electron chi connectivity index (χ1n) is 9.35. The first-order chi connectivity index (χ1) is 14.3. The van der Waals surface area contributed by atoms with Crippen molar-refractivity contribution in [2.45, 2.75) is 31.3 Å². The topological polar surface area (TPSA) is 89.7 Å². The molecule has 30 heavy (non-hydrogen) atoms. The third-order valence-corrected chi connectivity index (χ3v) is 5.71. The van der Waals surface area contributed by atoms with E-state index in [1.165, 1.54) is 4.88 Å². The fraction of sp³-hybridized carbons (Fsp3) is 0.611. The largest absolute Gasteiger partial charge is 0.490 e. The molecule has 2 aromatic heterocycles. The number of hydrogen-bond donors (Lipinski definition) is 1. The number of ether oxygens (including phenoxy) is 2. The first kappa shape index (κ1) is 22.7. The molecular weight excluding hydrogens is 425 g/mol. The molecule has 4 rings (SSSR count). The molecule has 8 nitrogen and oxygen atoms in total. The van der Waals surface area contributed by atoms with Crippen molar-refractivity contribution in [2.75, 3.05) is 32.9 Å². The smallest absolute Gasteiger partial charge is 0.475 e. The van der Waals surface area contributed by atoms with Crippen molar-refractivity contribution < 1.29 is 32.5 Å². The minimum absolute atomic E-state index is 0.160. The number of halogens is 3. The van der Waals surface area contributed by atoms with Crippen LogP contribution in [-0.4, -0.2) is 75.4 Å². The van der Waals surface area contributed by atoms with E-state index in [0.29, 0.717) is 12.5 Å². The maximum Gasteiger partial charge on any atom is 0.490 e. The lowest BCUT2D eigenvalue weighted by molar-refractivity contribution is -0.192. The van der Waals surface area contributed by atoms with Gasteiger partial charge in [-0.05, 0) is 17.9 Å². The molecule has 0 amide bonds. The second-order valence-corrected chi connectivity index (χ2v) is 8.40. The van der Waals surface area contributed by atoms with Crippen LogP contribution in [0.2, 0.25) is 0 Å². The molecule has 0 bridgehead atoms. The number of nitrogens with zero attached hydrogens (tertiary/aromatic N) is 4. The Balaban J connectivity index is 0.000000318.